The first-order valence-corrected chi connectivity index (χ1v) is 9.28. The van der Waals surface area contributed by atoms with E-state index in [0.717, 1.165) is 44.1 Å². The van der Waals surface area contributed by atoms with Gasteiger partial charge in [-0.15, -0.1) is 0 Å². The molecular weight excluding hydrogens is 326 g/mol. The minimum atomic E-state index is -0.0976. The molecule has 0 spiro atoms. The summed E-state index contributed by atoms with van der Waals surface area (Å²) in [5.74, 6) is 1.50. The van der Waals surface area contributed by atoms with Crippen molar-refractivity contribution in [2.75, 3.05) is 42.5 Å². The van der Waals surface area contributed by atoms with Gasteiger partial charge in [0.05, 0.1) is 0 Å². The molecule has 1 aliphatic heterocycles. The molecule has 6 heteroatoms. The van der Waals surface area contributed by atoms with Gasteiger partial charge >= 0.3 is 0 Å². The van der Waals surface area contributed by atoms with Gasteiger partial charge in [-0.3, -0.25) is 9.78 Å². The maximum absolute atomic E-state index is 12.3. The van der Waals surface area contributed by atoms with Crippen molar-refractivity contribution in [1.29, 1.82) is 0 Å². The van der Waals surface area contributed by atoms with Crippen LogP contribution in [0.1, 0.15) is 30.8 Å². The number of nitrogens with one attached hydrogen (secondary N) is 1. The lowest BCUT2D eigenvalue weighted by molar-refractivity contribution is 0.0947. The van der Waals surface area contributed by atoms with Crippen molar-refractivity contribution in [2.45, 2.75) is 20.3 Å². The van der Waals surface area contributed by atoms with E-state index in [2.05, 4.69) is 38.9 Å². The van der Waals surface area contributed by atoms with Crippen LogP contribution in [0.25, 0.3) is 0 Å². The van der Waals surface area contributed by atoms with E-state index in [-0.39, 0.29) is 5.91 Å². The number of aromatic nitrogens is 2. The minimum absolute atomic E-state index is 0.0976. The molecule has 1 aliphatic rings. The highest BCUT2D eigenvalue weighted by Gasteiger charge is 2.19. The second-order valence-corrected chi connectivity index (χ2v) is 7.00. The third-order valence-electron chi connectivity index (χ3n) is 4.60. The first-order valence-electron chi connectivity index (χ1n) is 9.28. The average Bonchev–Trinajstić information content (AvgIpc) is 2.68. The zero-order chi connectivity index (χ0) is 18.4. The van der Waals surface area contributed by atoms with Crippen LogP contribution in [0.3, 0.4) is 0 Å². The zero-order valence-corrected chi connectivity index (χ0v) is 15.6. The van der Waals surface area contributed by atoms with E-state index in [9.17, 15) is 4.79 Å². The molecule has 0 aromatic carbocycles. The van der Waals surface area contributed by atoms with Crippen LogP contribution in [0.5, 0.6) is 0 Å². The molecule has 1 fully saturated rings. The number of anilines is 2. The molecular formula is C20H27N5O. The molecule has 1 amide bonds. The van der Waals surface area contributed by atoms with Crippen molar-refractivity contribution in [2.24, 2.45) is 5.92 Å². The molecule has 0 radical (unpaired) electrons. The van der Waals surface area contributed by atoms with E-state index in [4.69, 9.17) is 0 Å². The van der Waals surface area contributed by atoms with E-state index in [1.165, 1.54) is 0 Å². The normalized spacial score (nSPS) is 14.6. The van der Waals surface area contributed by atoms with Gasteiger partial charge in [-0.25, -0.2) is 4.98 Å². The van der Waals surface area contributed by atoms with Crippen LogP contribution in [0.15, 0.2) is 42.7 Å². The fourth-order valence-electron chi connectivity index (χ4n) is 3.04. The van der Waals surface area contributed by atoms with E-state index in [1.54, 1.807) is 6.20 Å². The monoisotopic (exact) mass is 353 g/mol. The number of amides is 1. The van der Waals surface area contributed by atoms with Crippen LogP contribution in [0, 0.1) is 5.92 Å². The molecule has 6 nitrogen and oxygen atoms in total. The van der Waals surface area contributed by atoms with Gasteiger partial charge in [0.25, 0.3) is 5.91 Å². The lowest BCUT2D eigenvalue weighted by Gasteiger charge is -2.36. The number of nitrogens with zero attached hydrogens (tertiary/aromatic N) is 4. The molecule has 0 saturated carbocycles. The minimum Gasteiger partial charge on any atom is -0.368 e. The van der Waals surface area contributed by atoms with Crippen LogP contribution < -0.4 is 15.1 Å². The zero-order valence-electron chi connectivity index (χ0n) is 15.6. The molecule has 3 rings (SSSR count). The summed E-state index contributed by atoms with van der Waals surface area (Å²) >= 11 is 0. The van der Waals surface area contributed by atoms with Gasteiger partial charge in [0.2, 0.25) is 0 Å². The van der Waals surface area contributed by atoms with Crippen molar-refractivity contribution >= 4 is 17.4 Å². The number of carbonyl (C=O) groups excluding carboxylic acids is 1. The molecule has 2 aromatic rings. The standard InChI is InChI=1S/C20H27N5O/c1-16(2)6-9-23-20(26)18-15-17(7-10-21-18)24-11-13-25(14-12-24)19-5-3-4-8-22-19/h3-5,7-8,10,15-16H,6,9,11-14H2,1-2H3,(H,23,26). The summed E-state index contributed by atoms with van der Waals surface area (Å²) in [7, 11) is 0. The van der Waals surface area contributed by atoms with E-state index in [1.807, 2.05) is 36.5 Å². The predicted octanol–water partition coefficient (Wildman–Crippen LogP) is 2.58. The van der Waals surface area contributed by atoms with Crippen molar-refractivity contribution < 1.29 is 4.79 Å². The third kappa shape index (κ3) is 4.71. The Kier molecular flexibility index (Phi) is 6.04. The summed E-state index contributed by atoms with van der Waals surface area (Å²) in [6, 6.07) is 9.86. The molecule has 3 heterocycles. The SMILES string of the molecule is CC(C)CCNC(=O)c1cc(N2CCN(c3ccccn3)CC2)ccn1. The Morgan fingerprint density at radius 3 is 2.54 bits per heavy atom. The van der Waals surface area contributed by atoms with Crippen LogP contribution in [-0.2, 0) is 0 Å². The predicted molar refractivity (Wildman–Crippen MR) is 105 cm³/mol. The van der Waals surface area contributed by atoms with Crippen molar-refractivity contribution in [3.63, 3.8) is 0 Å². The molecule has 0 atom stereocenters. The van der Waals surface area contributed by atoms with Gasteiger partial charge < -0.3 is 15.1 Å². The summed E-state index contributed by atoms with van der Waals surface area (Å²) < 4.78 is 0. The highest BCUT2D eigenvalue weighted by atomic mass is 16.1. The number of hydrogen-bond donors (Lipinski definition) is 1. The first-order chi connectivity index (χ1) is 12.6. The number of carbonyl (C=O) groups is 1. The fraction of sp³-hybridized carbons (Fsp3) is 0.450. The Morgan fingerprint density at radius 1 is 1.08 bits per heavy atom. The van der Waals surface area contributed by atoms with Gasteiger partial charge in [-0.1, -0.05) is 19.9 Å². The number of rotatable bonds is 6. The summed E-state index contributed by atoms with van der Waals surface area (Å²) in [6.45, 7) is 8.60. The maximum atomic E-state index is 12.3. The molecule has 138 valence electrons. The van der Waals surface area contributed by atoms with Crippen LogP contribution in [0.4, 0.5) is 11.5 Å². The van der Waals surface area contributed by atoms with Gasteiger partial charge in [0, 0.05) is 50.8 Å². The summed E-state index contributed by atoms with van der Waals surface area (Å²) in [4.78, 5) is 25.5. The van der Waals surface area contributed by atoms with Crippen molar-refractivity contribution in [3.8, 4) is 0 Å². The highest BCUT2D eigenvalue weighted by Crippen LogP contribution is 2.19. The lowest BCUT2D eigenvalue weighted by atomic mass is 10.1. The summed E-state index contributed by atoms with van der Waals surface area (Å²) in [5, 5.41) is 2.95. The average molecular weight is 353 g/mol. The molecule has 2 aromatic heterocycles. The molecule has 26 heavy (non-hydrogen) atoms. The molecule has 0 unspecified atom stereocenters. The lowest BCUT2D eigenvalue weighted by Crippen LogP contribution is -2.46. The molecule has 0 bridgehead atoms. The first kappa shape index (κ1) is 18.2. The summed E-state index contributed by atoms with van der Waals surface area (Å²) in [5.41, 5.74) is 1.54. The number of hydrogen-bond acceptors (Lipinski definition) is 5. The quantitative estimate of drug-likeness (QED) is 0.865. The maximum Gasteiger partial charge on any atom is 0.269 e. The van der Waals surface area contributed by atoms with Crippen LogP contribution in [-0.4, -0.2) is 48.6 Å². The Bertz CT molecular complexity index is 711. The van der Waals surface area contributed by atoms with Gasteiger partial charge in [0.15, 0.2) is 0 Å². The smallest absolute Gasteiger partial charge is 0.269 e. The largest absolute Gasteiger partial charge is 0.368 e. The van der Waals surface area contributed by atoms with Gasteiger partial charge in [-0.2, -0.15) is 0 Å². The van der Waals surface area contributed by atoms with Crippen LogP contribution >= 0.6 is 0 Å². The molecule has 0 aliphatic carbocycles. The molecule has 1 N–H and O–H groups in total. The van der Waals surface area contributed by atoms with Gasteiger partial charge in [-0.05, 0) is 36.6 Å². The Hall–Kier alpha value is -2.63. The van der Waals surface area contributed by atoms with Gasteiger partial charge in [0.1, 0.15) is 11.5 Å². The van der Waals surface area contributed by atoms with Crippen LogP contribution in [0.2, 0.25) is 0 Å². The fourth-order valence-corrected chi connectivity index (χ4v) is 3.04. The van der Waals surface area contributed by atoms with E-state index >= 15 is 0 Å². The second kappa shape index (κ2) is 8.65. The number of pyridine rings is 2. The number of piperazine rings is 1. The Labute approximate surface area is 155 Å². The second-order valence-electron chi connectivity index (χ2n) is 7.00. The topological polar surface area (TPSA) is 61.4 Å². The molecule has 1 saturated heterocycles. The Balaban J connectivity index is 1.58. The highest BCUT2D eigenvalue weighted by molar-refractivity contribution is 5.93. The van der Waals surface area contributed by atoms with E-state index < -0.39 is 0 Å². The van der Waals surface area contributed by atoms with Crippen molar-refractivity contribution in [1.82, 2.24) is 15.3 Å². The van der Waals surface area contributed by atoms with Crippen molar-refractivity contribution in [3.05, 3.63) is 48.4 Å². The Morgan fingerprint density at radius 2 is 1.85 bits per heavy atom. The third-order valence-corrected chi connectivity index (χ3v) is 4.60. The summed E-state index contributed by atoms with van der Waals surface area (Å²) in [6.07, 6.45) is 4.52. The van der Waals surface area contributed by atoms with E-state index in [0.29, 0.717) is 18.2 Å².